The first-order valence-electron chi connectivity index (χ1n) is 11.6. The summed E-state index contributed by atoms with van der Waals surface area (Å²) < 4.78 is 5.58. The SMILES string of the molecule is CC(C)=CCC(NC(=O)OCC1c2ccccc2-c2ccccc21)C(=O)NCCCCC(=O)O. The third-order valence-electron chi connectivity index (χ3n) is 5.83. The molecule has 0 spiro atoms. The minimum atomic E-state index is -0.857. The molecule has 2 aromatic carbocycles. The number of carboxylic acids is 1. The minimum Gasteiger partial charge on any atom is -0.481 e. The summed E-state index contributed by atoms with van der Waals surface area (Å²) in [4.78, 5) is 35.9. The van der Waals surface area contributed by atoms with Crippen molar-refractivity contribution >= 4 is 18.0 Å². The van der Waals surface area contributed by atoms with E-state index in [1.807, 2.05) is 44.2 Å². The molecule has 7 nitrogen and oxygen atoms in total. The van der Waals surface area contributed by atoms with Gasteiger partial charge in [0.25, 0.3) is 0 Å². The molecule has 1 aliphatic carbocycles. The Bertz CT molecular complexity index is 1010. The molecule has 0 bridgehead atoms. The molecular formula is C27H32N2O5. The maximum absolute atomic E-state index is 12.6. The molecule has 2 aromatic rings. The molecule has 1 unspecified atom stereocenters. The Morgan fingerprint density at radius 1 is 1.00 bits per heavy atom. The quantitative estimate of drug-likeness (QED) is 0.332. The van der Waals surface area contributed by atoms with E-state index in [9.17, 15) is 14.4 Å². The van der Waals surface area contributed by atoms with Gasteiger partial charge in [-0.1, -0.05) is 60.2 Å². The third-order valence-corrected chi connectivity index (χ3v) is 5.83. The number of aliphatic carboxylic acids is 1. The van der Waals surface area contributed by atoms with E-state index < -0.39 is 18.1 Å². The van der Waals surface area contributed by atoms with Gasteiger partial charge >= 0.3 is 12.1 Å². The Kier molecular flexibility index (Phi) is 8.85. The van der Waals surface area contributed by atoms with Gasteiger partial charge < -0.3 is 20.5 Å². The van der Waals surface area contributed by atoms with E-state index in [-0.39, 0.29) is 24.9 Å². The van der Waals surface area contributed by atoms with Crippen LogP contribution in [-0.2, 0) is 14.3 Å². The summed E-state index contributed by atoms with van der Waals surface area (Å²) >= 11 is 0. The van der Waals surface area contributed by atoms with E-state index in [0.29, 0.717) is 25.8 Å². The lowest BCUT2D eigenvalue weighted by Crippen LogP contribution is -2.47. The number of hydrogen-bond acceptors (Lipinski definition) is 4. The highest BCUT2D eigenvalue weighted by Gasteiger charge is 2.29. The average Bonchev–Trinajstić information content (AvgIpc) is 3.13. The van der Waals surface area contributed by atoms with Gasteiger partial charge in [0, 0.05) is 18.9 Å². The van der Waals surface area contributed by atoms with Crippen molar-refractivity contribution in [1.82, 2.24) is 10.6 Å². The zero-order chi connectivity index (χ0) is 24.5. The standard InChI is InChI=1S/C27H32N2O5/c1-18(2)14-15-24(26(32)28-16-8-7-13-25(30)31)29-27(33)34-17-23-21-11-5-3-9-19(21)20-10-4-6-12-22(20)23/h3-6,9-12,14,23-24H,7-8,13,15-17H2,1-2H3,(H,28,32)(H,29,33)(H,30,31). The van der Waals surface area contributed by atoms with Crippen molar-refractivity contribution in [2.45, 2.75) is 51.5 Å². The maximum atomic E-state index is 12.6. The van der Waals surface area contributed by atoms with Gasteiger partial charge in [0.05, 0.1) is 0 Å². The summed E-state index contributed by atoms with van der Waals surface area (Å²) in [6.45, 7) is 4.37. The molecule has 3 N–H and O–H groups in total. The lowest BCUT2D eigenvalue weighted by atomic mass is 9.98. The molecule has 2 amide bonds. The number of allylic oxidation sites excluding steroid dienone is 1. The van der Waals surface area contributed by atoms with Crippen LogP contribution >= 0.6 is 0 Å². The summed E-state index contributed by atoms with van der Waals surface area (Å²) in [5.41, 5.74) is 5.58. The zero-order valence-corrected chi connectivity index (χ0v) is 19.7. The van der Waals surface area contributed by atoms with Crippen LogP contribution in [0.1, 0.15) is 56.6 Å². The fourth-order valence-electron chi connectivity index (χ4n) is 4.10. The van der Waals surface area contributed by atoms with E-state index >= 15 is 0 Å². The van der Waals surface area contributed by atoms with E-state index in [1.54, 1.807) is 0 Å². The fraction of sp³-hybridized carbons (Fsp3) is 0.370. The number of amides is 2. The lowest BCUT2D eigenvalue weighted by Gasteiger charge is -2.19. The van der Waals surface area contributed by atoms with Crippen molar-refractivity contribution < 1.29 is 24.2 Å². The molecule has 3 rings (SSSR count). The number of fused-ring (bicyclic) bond motifs is 3. The number of alkyl carbamates (subject to hydrolysis) is 1. The Labute approximate surface area is 200 Å². The number of hydrogen-bond donors (Lipinski definition) is 3. The molecule has 0 saturated heterocycles. The third kappa shape index (κ3) is 6.70. The first-order valence-corrected chi connectivity index (χ1v) is 11.6. The van der Waals surface area contributed by atoms with Gasteiger partial charge in [-0.05, 0) is 55.4 Å². The number of carboxylic acid groups (broad SMARTS) is 1. The first kappa shape index (κ1) is 25.0. The van der Waals surface area contributed by atoms with Gasteiger partial charge in [-0.2, -0.15) is 0 Å². The second-order valence-corrected chi connectivity index (χ2v) is 8.68. The van der Waals surface area contributed by atoms with Gasteiger partial charge in [0.1, 0.15) is 12.6 Å². The molecule has 0 heterocycles. The smallest absolute Gasteiger partial charge is 0.407 e. The fourth-order valence-corrected chi connectivity index (χ4v) is 4.10. The number of rotatable bonds is 11. The van der Waals surface area contributed by atoms with Crippen molar-refractivity contribution in [3.63, 3.8) is 0 Å². The Balaban J connectivity index is 1.58. The summed E-state index contributed by atoms with van der Waals surface area (Å²) in [6, 6.07) is 15.4. The molecule has 1 atom stereocenters. The van der Waals surface area contributed by atoms with Crippen LogP contribution in [0.4, 0.5) is 4.79 Å². The lowest BCUT2D eigenvalue weighted by molar-refractivity contribution is -0.137. The zero-order valence-electron chi connectivity index (χ0n) is 19.7. The van der Waals surface area contributed by atoms with Crippen LogP contribution in [0.2, 0.25) is 0 Å². The second-order valence-electron chi connectivity index (χ2n) is 8.68. The molecule has 0 saturated carbocycles. The molecular weight excluding hydrogens is 432 g/mol. The topological polar surface area (TPSA) is 105 Å². The molecule has 0 fully saturated rings. The van der Waals surface area contributed by atoms with Crippen LogP contribution in [0.25, 0.3) is 11.1 Å². The summed E-state index contributed by atoms with van der Waals surface area (Å²) in [5, 5.41) is 14.2. The molecule has 7 heteroatoms. The van der Waals surface area contributed by atoms with Gasteiger partial charge in [-0.25, -0.2) is 4.79 Å². The molecule has 34 heavy (non-hydrogen) atoms. The summed E-state index contributed by atoms with van der Waals surface area (Å²) in [6.07, 6.45) is 2.68. The summed E-state index contributed by atoms with van der Waals surface area (Å²) in [7, 11) is 0. The Morgan fingerprint density at radius 3 is 2.21 bits per heavy atom. The number of carbonyl (C=O) groups is 3. The first-order chi connectivity index (χ1) is 16.4. The largest absolute Gasteiger partial charge is 0.481 e. The summed E-state index contributed by atoms with van der Waals surface area (Å²) in [5.74, 6) is -1.23. The highest BCUT2D eigenvalue weighted by atomic mass is 16.5. The average molecular weight is 465 g/mol. The highest BCUT2D eigenvalue weighted by molar-refractivity contribution is 5.86. The predicted octanol–water partition coefficient (Wildman–Crippen LogP) is 4.62. The molecule has 0 aliphatic heterocycles. The van der Waals surface area contributed by atoms with Crippen LogP contribution in [0.3, 0.4) is 0 Å². The normalized spacial score (nSPS) is 12.8. The van der Waals surface area contributed by atoms with E-state index in [2.05, 4.69) is 34.9 Å². The minimum absolute atomic E-state index is 0.0579. The number of unbranched alkanes of at least 4 members (excludes halogenated alkanes) is 1. The van der Waals surface area contributed by atoms with Crippen molar-refractivity contribution in [3.05, 3.63) is 71.3 Å². The molecule has 0 aromatic heterocycles. The van der Waals surface area contributed by atoms with Gasteiger partial charge in [0.2, 0.25) is 5.91 Å². The molecule has 180 valence electrons. The Morgan fingerprint density at radius 2 is 1.62 bits per heavy atom. The van der Waals surface area contributed by atoms with Gasteiger partial charge in [0.15, 0.2) is 0 Å². The van der Waals surface area contributed by atoms with Crippen molar-refractivity contribution in [1.29, 1.82) is 0 Å². The van der Waals surface area contributed by atoms with Crippen LogP contribution in [0, 0.1) is 0 Å². The second kappa shape index (κ2) is 12.0. The van der Waals surface area contributed by atoms with Crippen LogP contribution in [-0.4, -0.2) is 42.3 Å². The Hall–Kier alpha value is -3.61. The number of nitrogens with one attached hydrogen (secondary N) is 2. The predicted molar refractivity (Wildman–Crippen MR) is 131 cm³/mol. The maximum Gasteiger partial charge on any atom is 0.407 e. The van der Waals surface area contributed by atoms with E-state index in [4.69, 9.17) is 9.84 Å². The van der Waals surface area contributed by atoms with Gasteiger partial charge in [-0.3, -0.25) is 9.59 Å². The van der Waals surface area contributed by atoms with E-state index in [1.165, 1.54) is 0 Å². The highest BCUT2D eigenvalue weighted by Crippen LogP contribution is 2.44. The van der Waals surface area contributed by atoms with Gasteiger partial charge in [-0.15, -0.1) is 0 Å². The van der Waals surface area contributed by atoms with Crippen LogP contribution < -0.4 is 10.6 Å². The number of benzene rings is 2. The van der Waals surface area contributed by atoms with Crippen molar-refractivity contribution in [2.75, 3.05) is 13.2 Å². The molecule has 1 aliphatic rings. The van der Waals surface area contributed by atoms with E-state index in [0.717, 1.165) is 27.8 Å². The molecule has 0 radical (unpaired) electrons. The number of ether oxygens (including phenoxy) is 1. The van der Waals surface area contributed by atoms with Crippen LogP contribution in [0.5, 0.6) is 0 Å². The van der Waals surface area contributed by atoms with Crippen LogP contribution in [0.15, 0.2) is 60.2 Å². The number of carbonyl (C=O) groups excluding carboxylic acids is 2. The van der Waals surface area contributed by atoms with Crippen molar-refractivity contribution in [2.24, 2.45) is 0 Å². The monoisotopic (exact) mass is 464 g/mol. The van der Waals surface area contributed by atoms with Crippen molar-refractivity contribution in [3.8, 4) is 11.1 Å².